The van der Waals surface area contributed by atoms with Gasteiger partial charge in [0.15, 0.2) is 5.82 Å². The van der Waals surface area contributed by atoms with E-state index in [4.69, 9.17) is 0 Å². The molecule has 1 heterocycles. The Bertz CT molecular complexity index is 425. The van der Waals surface area contributed by atoms with Crippen molar-refractivity contribution in [2.45, 2.75) is 25.7 Å². The molecule has 0 amide bonds. The Kier molecular flexibility index (Phi) is 2.35. The second-order valence-corrected chi connectivity index (χ2v) is 3.45. The Morgan fingerprint density at radius 3 is 3.21 bits per heavy atom. The summed E-state index contributed by atoms with van der Waals surface area (Å²) >= 11 is 0. The summed E-state index contributed by atoms with van der Waals surface area (Å²) in [7, 11) is 0. The molecule has 2 rings (SSSR count). The van der Waals surface area contributed by atoms with E-state index >= 15 is 0 Å². The minimum Gasteiger partial charge on any atom is -0.296 e. The SMILES string of the molecule is CC1=CC=CCCC1c1noc(=O)[nH]1. The van der Waals surface area contributed by atoms with Crippen LogP contribution in [0.15, 0.2) is 33.1 Å². The highest BCUT2D eigenvalue weighted by molar-refractivity contribution is 5.23. The molecule has 0 aromatic carbocycles. The normalized spacial score (nSPS) is 21.8. The fourth-order valence-corrected chi connectivity index (χ4v) is 1.67. The van der Waals surface area contributed by atoms with Crippen molar-refractivity contribution in [1.29, 1.82) is 0 Å². The summed E-state index contributed by atoms with van der Waals surface area (Å²) in [5.41, 5.74) is 1.20. The number of H-pyrrole nitrogens is 1. The van der Waals surface area contributed by atoms with Crippen LogP contribution in [-0.2, 0) is 0 Å². The van der Waals surface area contributed by atoms with E-state index < -0.39 is 5.76 Å². The van der Waals surface area contributed by atoms with E-state index in [1.165, 1.54) is 5.57 Å². The molecule has 1 aliphatic carbocycles. The summed E-state index contributed by atoms with van der Waals surface area (Å²) in [6.07, 6.45) is 8.15. The number of allylic oxidation sites excluding steroid dienone is 4. The van der Waals surface area contributed by atoms with Crippen molar-refractivity contribution in [3.8, 4) is 0 Å². The lowest BCUT2D eigenvalue weighted by atomic mass is 9.96. The second kappa shape index (κ2) is 3.65. The van der Waals surface area contributed by atoms with Gasteiger partial charge in [0.25, 0.3) is 0 Å². The fraction of sp³-hybridized carbons (Fsp3) is 0.400. The first kappa shape index (κ1) is 8.99. The zero-order valence-electron chi connectivity index (χ0n) is 7.99. The average molecular weight is 192 g/mol. The Labute approximate surface area is 81.3 Å². The summed E-state index contributed by atoms with van der Waals surface area (Å²) in [5.74, 6) is 0.328. The summed E-state index contributed by atoms with van der Waals surface area (Å²) in [6.45, 7) is 2.04. The van der Waals surface area contributed by atoms with Crippen molar-refractivity contribution in [2.75, 3.05) is 0 Å². The first-order chi connectivity index (χ1) is 6.77. The van der Waals surface area contributed by atoms with Crippen LogP contribution in [0.3, 0.4) is 0 Å². The Morgan fingerprint density at radius 2 is 2.50 bits per heavy atom. The molecule has 4 heteroatoms. The number of rotatable bonds is 1. The van der Waals surface area contributed by atoms with Crippen LogP contribution in [0.2, 0.25) is 0 Å². The van der Waals surface area contributed by atoms with Crippen molar-refractivity contribution < 1.29 is 4.52 Å². The first-order valence-corrected chi connectivity index (χ1v) is 4.66. The number of hydrogen-bond donors (Lipinski definition) is 1. The third kappa shape index (κ3) is 1.69. The number of aromatic nitrogens is 2. The summed E-state index contributed by atoms with van der Waals surface area (Å²) < 4.78 is 4.50. The van der Waals surface area contributed by atoms with E-state index in [2.05, 4.69) is 20.7 Å². The Balaban J connectivity index is 2.30. The lowest BCUT2D eigenvalue weighted by Crippen LogP contribution is -2.04. The predicted octanol–water partition coefficient (Wildman–Crippen LogP) is 1.74. The lowest BCUT2D eigenvalue weighted by Gasteiger charge is -2.10. The van der Waals surface area contributed by atoms with Crippen LogP contribution in [0, 0.1) is 0 Å². The van der Waals surface area contributed by atoms with Gasteiger partial charge in [-0.15, -0.1) is 0 Å². The van der Waals surface area contributed by atoms with Crippen molar-refractivity contribution in [2.24, 2.45) is 0 Å². The quantitative estimate of drug-likeness (QED) is 0.737. The van der Waals surface area contributed by atoms with Crippen LogP contribution in [-0.4, -0.2) is 10.1 Å². The standard InChI is InChI=1S/C10H12N2O2/c1-7-5-3-2-4-6-8(7)9-11-10(13)14-12-9/h2-3,5,8H,4,6H2,1H3,(H,11,12,13). The maximum absolute atomic E-state index is 10.8. The lowest BCUT2D eigenvalue weighted by molar-refractivity contribution is 0.378. The van der Waals surface area contributed by atoms with Crippen LogP contribution >= 0.6 is 0 Å². The molecule has 1 aliphatic rings. The molecule has 1 aromatic rings. The van der Waals surface area contributed by atoms with Gasteiger partial charge in [-0.2, -0.15) is 0 Å². The van der Waals surface area contributed by atoms with Crippen LogP contribution in [0.1, 0.15) is 31.5 Å². The van der Waals surface area contributed by atoms with Crippen molar-refractivity contribution in [3.63, 3.8) is 0 Å². The number of nitrogens with one attached hydrogen (secondary N) is 1. The highest BCUT2D eigenvalue weighted by Gasteiger charge is 2.18. The highest BCUT2D eigenvalue weighted by Crippen LogP contribution is 2.27. The molecule has 14 heavy (non-hydrogen) atoms. The molecule has 0 saturated carbocycles. The zero-order valence-corrected chi connectivity index (χ0v) is 7.99. The first-order valence-electron chi connectivity index (χ1n) is 4.66. The molecule has 74 valence electrons. The van der Waals surface area contributed by atoms with Gasteiger partial charge in [0.1, 0.15) is 0 Å². The summed E-state index contributed by atoms with van der Waals surface area (Å²) in [6, 6.07) is 0. The molecule has 0 spiro atoms. The fourth-order valence-electron chi connectivity index (χ4n) is 1.67. The molecular formula is C10H12N2O2. The van der Waals surface area contributed by atoms with Gasteiger partial charge in [0, 0.05) is 5.92 Å². The van der Waals surface area contributed by atoms with Crippen LogP contribution in [0.25, 0.3) is 0 Å². The molecule has 1 N–H and O–H groups in total. The van der Waals surface area contributed by atoms with Crippen molar-refractivity contribution >= 4 is 0 Å². The molecule has 0 fully saturated rings. The van der Waals surface area contributed by atoms with Gasteiger partial charge >= 0.3 is 5.76 Å². The van der Waals surface area contributed by atoms with Crippen molar-refractivity contribution in [1.82, 2.24) is 10.1 Å². The number of aromatic amines is 1. The van der Waals surface area contributed by atoms with Crippen LogP contribution in [0.5, 0.6) is 0 Å². The van der Waals surface area contributed by atoms with Crippen LogP contribution < -0.4 is 5.76 Å². The maximum Gasteiger partial charge on any atom is 0.438 e. The largest absolute Gasteiger partial charge is 0.438 e. The average Bonchev–Trinajstić information content (AvgIpc) is 2.46. The summed E-state index contributed by atoms with van der Waals surface area (Å²) in [5, 5.41) is 3.72. The third-order valence-corrected chi connectivity index (χ3v) is 2.45. The van der Waals surface area contributed by atoms with Gasteiger partial charge in [-0.05, 0) is 19.8 Å². The minimum absolute atomic E-state index is 0.177. The van der Waals surface area contributed by atoms with E-state index in [9.17, 15) is 4.79 Å². The van der Waals surface area contributed by atoms with E-state index in [1.807, 2.05) is 19.1 Å². The predicted molar refractivity (Wildman–Crippen MR) is 52.0 cm³/mol. The van der Waals surface area contributed by atoms with Gasteiger partial charge in [-0.3, -0.25) is 9.51 Å². The molecule has 4 nitrogen and oxygen atoms in total. The minimum atomic E-state index is -0.481. The number of nitrogens with zero attached hydrogens (tertiary/aromatic N) is 1. The molecule has 0 radical (unpaired) electrons. The maximum atomic E-state index is 10.8. The molecule has 0 bridgehead atoms. The monoisotopic (exact) mass is 192 g/mol. The molecule has 1 unspecified atom stereocenters. The Morgan fingerprint density at radius 1 is 1.64 bits per heavy atom. The smallest absolute Gasteiger partial charge is 0.296 e. The summed E-state index contributed by atoms with van der Waals surface area (Å²) in [4.78, 5) is 13.4. The van der Waals surface area contributed by atoms with E-state index in [1.54, 1.807) is 0 Å². The van der Waals surface area contributed by atoms with E-state index in [-0.39, 0.29) is 5.92 Å². The van der Waals surface area contributed by atoms with Gasteiger partial charge in [0.2, 0.25) is 0 Å². The molecule has 0 aliphatic heterocycles. The topological polar surface area (TPSA) is 58.9 Å². The Hall–Kier alpha value is -1.58. The van der Waals surface area contributed by atoms with Gasteiger partial charge in [0.05, 0.1) is 0 Å². The molecule has 1 aromatic heterocycles. The van der Waals surface area contributed by atoms with Crippen LogP contribution in [0.4, 0.5) is 0 Å². The molecule has 1 atom stereocenters. The number of hydrogen-bond acceptors (Lipinski definition) is 3. The molecule has 0 saturated heterocycles. The van der Waals surface area contributed by atoms with Crippen molar-refractivity contribution in [3.05, 3.63) is 40.2 Å². The highest BCUT2D eigenvalue weighted by atomic mass is 16.5. The van der Waals surface area contributed by atoms with Gasteiger partial charge in [-0.1, -0.05) is 29.0 Å². The van der Waals surface area contributed by atoms with Gasteiger partial charge in [-0.25, -0.2) is 4.79 Å². The molecular weight excluding hydrogens is 180 g/mol. The third-order valence-electron chi connectivity index (χ3n) is 2.45. The van der Waals surface area contributed by atoms with E-state index in [0.717, 1.165) is 12.8 Å². The zero-order chi connectivity index (χ0) is 9.97. The van der Waals surface area contributed by atoms with Gasteiger partial charge < -0.3 is 0 Å². The second-order valence-electron chi connectivity index (χ2n) is 3.45. The van der Waals surface area contributed by atoms with E-state index in [0.29, 0.717) is 5.82 Å².